The summed E-state index contributed by atoms with van der Waals surface area (Å²) >= 11 is 0. The Balaban J connectivity index is 2.15. The second-order valence-electron chi connectivity index (χ2n) is 5.87. The number of hydrogen-bond acceptors (Lipinski definition) is 3. The summed E-state index contributed by atoms with van der Waals surface area (Å²) in [5.41, 5.74) is 10.4. The molecule has 0 heterocycles. The molecular formula is C19H23N3O2. The first kappa shape index (κ1) is 17.7. The average molecular weight is 325 g/mol. The summed E-state index contributed by atoms with van der Waals surface area (Å²) in [6.45, 7) is 6.18. The molecule has 0 spiro atoms. The fourth-order valence-electron chi connectivity index (χ4n) is 2.26. The van der Waals surface area contributed by atoms with Crippen LogP contribution in [0.5, 0.6) is 0 Å². The molecule has 4 N–H and O–H groups in total. The first-order valence-corrected chi connectivity index (χ1v) is 7.90. The number of benzene rings is 2. The van der Waals surface area contributed by atoms with Gasteiger partial charge in [0.25, 0.3) is 5.91 Å². The summed E-state index contributed by atoms with van der Waals surface area (Å²) in [4.78, 5) is 24.1. The van der Waals surface area contributed by atoms with Crippen LogP contribution in [0.4, 0.5) is 11.4 Å². The second kappa shape index (κ2) is 7.75. The number of amides is 2. The first-order chi connectivity index (χ1) is 11.4. The summed E-state index contributed by atoms with van der Waals surface area (Å²) < 4.78 is 0. The standard InChI is InChI=1S/C19H23N3O2/c1-12-4-6-15(10-14(12)3)19(24)21-16-7-5-13(2)17(11-16)22-18(23)8-9-20/h4-7,10-11H,8-9,20H2,1-3H3,(H,21,24)(H,22,23). The monoisotopic (exact) mass is 325 g/mol. The van der Waals surface area contributed by atoms with E-state index in [4.69, 9.17) is 5.73 Å². The fourth-order valence-corrected chi connectivity index (χ4v) is 2.26. The molecule has 2 aromatic rings. The van der Waals surface area contributed by atoms with Crippen LogP contribution in [-0.4, -0.2) is 18.4 Å². The van der Waals surface area contributed by atoms with Crippen molar-refractivity contribution in [1.29, 1.82) is 0 Å². The van der Waals surface area contributed by atoms with Gasteiger partial charge in [-0.2, -0.15) is 0 Å². The quantitative estimate of drug-likeness (QED) is 0.789. The lowest BCUT2D eigenvalue weighted by Crippen LogP contribution is -2.17. The van der Waals surface area contributed by atoms with Crippen LogP contribution in [0.2, 0.25) is 0 Å². The molecule has 0 aliphatic carbocycles. The Morgan fingerprint density at radius 3 is 2.29 bits per heavy atom. The Morgan fingerprint density at radius 2 is 1.62 bits per heavy atom. The molecule has 0 unspecified atom stereocenters. The lowest BCUT2D eigenvalue weighted by molar-refractivity contribution is -0.116. The number of carbonyl (C=O) groups is 2. The molecule has 0 radical (unpaired) electrons. The van der Waals surface area contributed by atoms with Gasteiger partial charge in [0.15, 0.2) is 0 Å². The number of hydrogen-bond donors (Lipinski definition) is 3. The first-order valence-electron chi connectivity index (χ1n) is 7.90. The lowest BCUT2D eigenvalue weighted by atomic mass is 10.1. The minimum atomic E-state index is -0.179. The molecule has 2 aromatic carbocycles. The van der Waals surface area contributed by atoms with Gasteiger partial charge in [-0.3, -0.25) is 9.59 Å². The van der Waals surface area contributed by atoms with E-state index in [-0.39, 0.29) is 18.2 Å². The van der Waals surface area contributed by atoms with Crippen LogP contribution in [0.15, 0.2) is 36.4 Å². The van der Waals surface area contributed by atoms with E-state index in [1.54, 1.807) is 12.1 Å². The number of anilines is 2. The maximum Gasteiger partial charge on any atom is 0.255 e. The molecule has 5 heteroatoms. The van der Waals surface area contributed by atoms with E-state index in [1.807, 2.05) is 45.0 Å². The van der Waals surface area contributed by atoms with Crippen molar-refractivity contribution in [2.75, 3.05) is 17.2 Å². The maximum atomic E-state index is 12.4. The third kappa shape index (κ3) is 4.43. The summed E-state index contributed by atoms with van der Waals surface area (Å²) in [5, 5.41) is 5.67. The smallest absolute Gasteiger partial charge is 0.255 e. The summed E-state index contributed by atoms with van der Waals surface area (Å²) in [6, 6.07) is 11.0. The maximum absolute atomic E-state index is 12.4. The molecule has 5 nitrogen and oxygen atoms in total. The molecular weight excluding hydrogens is 302 g/mol. The van der Waals surface area contributed by atoms with Crippen molar-refractivity contribution >= 4 is 23.2 Å². The Bertz CT molecular complexity index is 769. The van der Waals surface area contributed by atoms with Gasteiger partial charge in [-0.05, 0) is 61.7 Å². The molecule has 0 fully saturated rings. The van der Waals surface area contributed by atoms with Gasteiger partial charge in [0.1, 0.15) is 0 Å². The third-order valence-electron chi connectivity index (χ3n) is 3.91. The summed E-state index contributed by atoms with van der Waals surface area (Å²) in [6.07, 6.45) is 0.263. The highest BCUT2D eigenvalue weighted by atomic mass is 16.2. The van der Waals surface area contributed by atoms with Crippen molar-refractivity contribution < 1.29 is 9.59 Å². The van der Waals surface area contributed by atoms with E-state index >= 15 is 0 Å². The van der Waals surface area contributed by atoms with Gasteiger partial charge in [0, 0.05) is 29.9 Å². The highest BCUT2D eigenvalue weighted by molar-refractivity contribution is 6.05. The van der Waals surface area contributed by atoms with Crippen LogP contribution in [0.3, 0.4) is 0 Å². The zero-order chi connectivity index (χ0) is 17.7. The van der Waals surface area contributed by atoms with E-state index < -0.39 is 0 Å². The zero-order valence-corrected chi connectivity index (χ0v) is 14.3. The van der Waals surface area contributed by atoms with Crippen LogP contribution in [0.25, 0.3) is 0 Å². The van der Waals surface area contributed by atoms with Crippen LogP contribution in [-0.2, 0) is 4.79 Å². The molecule has 0 aromatic heterocycles. The number of carbonyl (C=O) groups excluding carboxylic acids is 2. The van der Waals surface area contributed by atoms with Crippen molar-refractivity contribution in [3.8, 4) is 0 Å². The van der Waals surface area contributed by atoms with E-state index in [1.165, 1.54) is 0 Å². The molecule has 2 amide bonds. The van der Waals surface area contributed by atoms with Crippen LogP contribution >= 0.6 is 0 Å². The normalized spacial score (nSPS) is 10.3. The molecule has 0 aliphatic rings. The average Bonchev–Trinajstić information content (AvgIpc) is 2.53. The molecule has 2 rings (SSSR count). The van der Waals surface area contributed by atoms with Crippen LogP contribution in [0.1, 0.15) is 33.5 Å². The van der Waals surface area contributed by atoms with Crippen molar-refractivity contribution in [3.05, 3.63) is 58.7 Å². The zero-order valence-electron chi connectivity index (χ0n) is 14.3. The molecule has 0 saturated carbocycles. The fraction of sp³-hybridized carbons (Fsp3) is 0.263. The summed E-state index contributed by atoms with van der Waals surface area (Å²) in [7, 11) is 0. The van der Waals surface area contributed by atoms with Crippen molar-refractivity contribution in [2.45, 2.75) is 27.2 Å². The summed E-state index contributed by atoms with van der Waals surface area (Å²) in [5.74, 6) is -0.320. The largest absolute Gasteiger partial charge is 0.330 e. The van der Waals surface area contributed by atoms with Gasteiger partial charge in [-0.25, -0.2) is 0 Å². The predicted octanol–water partition coefficient (Wildman–Crippen LogP) is 3.15. The predicted molar refractivity (Wildman–Crippen MR) is 97.3 cm³/mol. The van der Waals surface area contributed by atoms with Gasteiger partial charge in [0.05, 0.1) is 0 Å². The van der Waals surface area contributed by atoms with Crippen LogP contribution in [0, 0.1) is 20.8 Å². The number of rotatable bonds is 5. The van der Waals surface area contributed by atoms with Crippen LogP contribution < -0.4 is 16.4 Å². The Labute approximate surface area is 142 Å². The van der Waals surface area contributed by atoms with E-state index in [0.717, 1.165) is 16.7 Å². The van der Waals surface area contributed by atoms with Gasteiger partial charge in [0.2, 0.25) is 5.91 Å². The van der Waals surface area contributed by atoms with E-state index in [0.29, 0.717) is 23.5 Å². The Morgan fingerprint density at radius 1 is 0.917 bits per heavy atom. The van der Waals surface area contributed by atoms with E-state index in [9.17, 15) is 9.59 Å². The minimum Gasteiger partial charge on any atom is -0.330 e. The van der Waals surface area contributed by atoms with Crippen molar-refractivity contribution in [1.82, 2.24) is 0 Å². The molecule has 126 valence electrons. The Kier molecular flexibility index (Phi) is 5.71. The molecule has 24 heavy (non-hydrogen) atoms. The molecule has 0 saturated heterocycles. The highest BCUT2D eigenvalue weighted by Crippen LogP contribution is 2.21. The topological polar surface area (TPSA) is 84.2 Å². The number of aryl methyl sites for hydroxylation is 3. The molecule has 0 bridgehead atoms. The van der Waals surface area contributed by atoms with Gasteiger partial charge < -0.3 is 16.4 Å². The Hall–Kier alpha value is -2.66. The van der Waals surface area contributed by atoms with Gasteiger partial charge in [-0.1, -0.05) is 12.1 Å². The number of nitrogens with one attached hydrogen (secondary N) is 2. The third-order valence-corrected chi connectivity index (χ3v) is 3.91. The highest BCUT2D eigenvalue weighted by Gasteiger charge is 2.09. The van der Waals surface area contributed by atoms with Gasteiger partial charge >= 0.3 is 0 Å². The lowest BCUT2D eigenvalue weighted by Gasteiger charge is -2.12. The van der Waals surface area contributed by atoms with E-state index in [2.05, 4.69) is 10.6 Å². The molecule has 0 atom stereocenters. The second-order valence-corrected chi connectivity index (χ2v) is 5.87. The molecule has 0 aliphatic heterocycles. The number of nitrogens with two attached hydrogens (primary N) is 1. The van der Waals surface area contributed by atoms with Crippen molar-refractivity contribution in [3.63, 3.8) is 0 Å². The SMILES string of the molecule is Cc1ccc(C(=O)Nc2ccc(C)c(NC(=O)CCN)c2)cc1C. The van der Waals surface area contributed by atoms with Gasteiger partial charge in [-0.15, -0.1) is 0 Å². The minimum absolute atomic E-state index is 0.141. The van der Waals surface area contributed by atoms with Crippen molar-refractivity contribution in [2.24, 2.45) is 5.73 Å².